The van der Waals surface area contributed by atoms with Crippen LogP contribution >= 0.6 is 0 Å². The second-order valence-corrected chi connectivity index (χ2v) is 7.17. The summed E-state index contributed by atoms with van der Waals surface area (Å²) in [6.07, 6.45) is 0. The van der Waals surface area contributed by atoms with Crippen LogP contribution in [0.15, 0.2) is 18.2 Å². The minimum atomic E-state index is -0.323. The maximum Gasteiger partial charge on any atom is 0.146 e. The fourth-order valence-electron chi connectivity index (χ4n) is 3.09. The lowest BCUT2D eigenvalue weighted by Gasteiger charge is -2.20. The highest BCUT2D eigenvalue weighted by molar-refractivity contribution is 5.70. The largest absolute Gasteiger partial charge is 0.395 e. The van der Waals surface area contributed by atoms with Crippen molar-refractivity contribution in [3.63, 3.8) is 0 Å². The Labute approximate surface area is 150 Å². The van der Waals surface area contributed by atoms with E-state index in [1.807, 2.05) is 13.8 Å². The number of hydrogen-bond acceptors (Lipinski definition) is 3. The van der Waals surface area contributed by atoms with Gasteiger partial charge in [0.1, 0.15) is 5.82 Å². The normalized spacial score (nSPS) is 12.7. The Morgan fingerprint density at radius 1 is 1.08 bits per heavy atom. The van der Waals surface area contributed by atoms with Gasteiger partial charge in [-0.3, -0.25) is 0 Å². The summed E-state index contributed by atoms with van der Waals surface area (Å²) in [5.74, 6) is -0.0588. The number of pyridine rings is 1. The highest BCUT2D eigenvalue weighted by Gasteiger charge is 2.16. The van der Waals surface area contributed by atoms with Crippen molar-refractivity contribution in [3.8, 4) is 11.3 Å². The number of nitrogens with one attached hydrogen (secondary N) is 1. The van der Waals surface area contributed by atoms with Gasteiger partial charge in [-0.25, -0.2) is 9.37 Å². The molecule has 0 aliphatic heterocycles. The first kappa shape index (κ1) is 19.5. The van der Waals surface area contributed by atoms with Crippen molar-refractivity contribution in [3.05, 3.63) is 52.0 Å². The van der Waals surface area contributed by atoms with Crippen molar-refractivity contribution in [1.29, 1.82) is 0 Å². The molecule has 25 heavy (non-hydrogen) atoms. The SMILES string of the molecule is Cc1cc(C)c(C)c(-c2ccc(F)c(CN[C@@H](CO)C(C)C)n2)c1C. The van der Waals surface area contributed by atoms with E-state index >= 15 is 0 Å². The zero-order valence-corrected chi connectivity index (χ0v) is 16.1. The van der Waals surface area contributed by atoms with E-state index in [0.29, 0.717) is 12.2 Å². The molecule has 136 valence electrons. The number of nitrogens with zero attached hydrogens (tertiary/aromatic N) is 1. The molecule has 0 amide bonds. The molecule has 0 saturated heterocycles. The summed E-state index contributed by atoms with van der Waals surface area (Å²) >= 11 is 0. The maximum atomic E-state index is 14.2. The average Bonchev–Trinajstić information content (AvgIpc) is 2.56. The van der Waals surface area contributed by atoms with E-state index < -0.39 is 0 Å². The van der Waals surface area contributed by atoms with Crippen LogP contribution in [-0.4, -0.2) is 22.7 Å². The van der Waals surface area contributed by atoms with Gasteiger partial charge in [-0.05, 0) is 68.0 Å². The number of halogens is 1. The molecule has 0 bridgehead atoms. The van der Waals surface area contributed by atoms with E-state index in [2.05, 4.69) is 44.1 Å². The van der Waals surface area contributed by atoms with E-state index in [-0.39, 0.29) is 24.4 Å². The number of aryl methyl sites for hydroxylation is 2. The van der Waals surface area contributed by atoms with Gasteiger partial charge in [-0.1, -0.05) is 19.9 Å². The lowest BCUT2D eigenvalue weighted by Crippen LogP contribution is -2.37. The Morgan fingerprint density at radius 2 is 1.68 bits per heavy atom. The summed E-state index contributed by atoms with van der Waals surface area (Å²) in [5, 5.41) is 12.6. The third-order valence-electron chi connectivity index (χ3n) is 5.07. The van der Waals surface area contributed by atoms with Gasteiger partial charge in [-0.15, -0.1) is 0 Å². The van der Waals surface area contributed by atoms with Crippen LogP contribution in [0.4, 0.5) is 4.39 Å². The van der Waals surface area contributed by atoms with Crippen LogP contribution in [-0.2, 0) is 6.54 Å². The lowest BCUT2D eigenvalue weighted by atomic mass is 9.92. The number of aromatic nitrogens is 1. The van der Waals surface area contributed by atoms with Gasteiger partial charge in [0.15, 0.2) is 0 Å². The first-order valence-electron chi connectivity index (χ1n) is 8.83. The van der Waals surface area contributed by atoms with Gasteiger partial charge in [0, 0.05) is 18.2 Å². The number of rotatable bonds is 6. The van der Waals surface area contributed by atoms with Crippen LogP contribution in [0.2, 0.25) is 0 Å². The van der Waals surface area contributed by atoms with E-state index in [1.54, 1.807) is 6.07 Å². The van der Waals surface area contributed by atoms with Crippen LogP contribution in [0.5, 0.6) is 0 Å². The van der Waals surface area contributed by atoms with Crippen LogP contribution < -0.4 is 5.32 Å². The van der Waals surface area contributed by atoms with Crippen LogP contribution in [0, 0.1) is 39.4 Å². The summed E-state index contributed by atoms with van der Waals surface area (Å²) in [6.45, 7) is 12.7. The summed E-state index contributed by atoms with van der Waals surface area (Å²) in [6, 6.07) is 5.34. The fourth-order valence-corrected chi connectivity index (χ4v) is 3.09. The van der Waals surface area contributed by atoms with Crippen molar-refractivity contribution in [2.75, 3.05) is 6.61 Å². The van der Waals surface area contributed by atoms with Gasteiger partial charge in [-0.2, -0.15) is 0 Å². The molecular formula is C21H29FN2O. The van der Waals surface area contributed by atoms with Crippen LogP contribution in [0.1, 0.15) is 41.8 Å². The standard InChI is InChI=1S/C21H29FN2O/c1-12(2)20(11-25)23-10-19-17(22)7-8-18(24-19)21-15(5)13(3)9-14(4)16(21)6/h7-9,12,20,23,25H,10-11H2,1-6H3/t20-/m0/s1. The van der Waals surface area contributed by atoms with E-state index in [4.69, 9.17) is 0 Å². The Bertz CT molecular complexity index is 730. The zero-order valence-electron chi connectivity index (χ0n) is 16.1. The number of benzene rings is 1. The van der Waals surface area contributed by atoms with Gasteiger partial charge >= 0.3 is 0 Å². The van der Waals surface area contributed by atoms with Crippen LogP contribution in [0.3, 0.4) is 0 Å². The van der Waals surface area contributed by atoms with Crippen LogP contribution in [0.25, 0.3) is 11.3 Å². The number of aliphatic hydroxyl groups excluding tert-OH is 1. The summed E-state index contributed by atoms with van der Waals surface area (Å²) in [7, 11) is 0. The highest BCUT2D eigenvalue weighted by atomic mass is 19.1. The molecule has 2 N–H and O–H groups in total. The first-order valence-corrected chi connectivity index (χ1v) is 8.83. The third-order valence-corrected chi connectivity index (χ3v) is 5.07. The Hall–Kier alpha value is -1.78. The highest BCUT2D eigenvalue weighted by Crippen LogP contribution is 2.30. The molecule has 0 radical (unpaired) electrons. The minimum absolute atomic E-state index is 0.0221. The molecule has 1 atom stereocenters. The molecule has 0 unspecified atom stereocenters. The maximum absolute atomic E-state index is 14.2. The predicted molar refractivity (Wildman–Crippen MR) is 101 cm³/mol. The fraction of sp³-hybridized carbons (Fsp3) is 0.476. The smallest absolute Gasteiger partial charge is 0.146 e. The second kappa shape index (κ2) is 8.07. The van der Waals surface area contributed by atoms with Crippen molar-refractivity contribution in [2.45, 2.75) is 54.1 Å². The molecule has 1 heterocycles. The van der Waals surface area contributed by atoms with E-state index in [0.717, 1.165) is 11.3 Å². The zero-order chi connectivity index (χ0) is 18.7. The first-order chi connectivity index (χ1) is 11.8. The third kappa shape index (κ3) is 4.25. The minimum Gasteiger partial charge on any atom is -0.395 e. The van der Waals surface area contributed by atoms with Gasteiger partial charge in [0.05, 0.1) is 18.0 Å². The molecule has 2 rings (SSSR count). The van der Waals surface area contributed by atoms with Crippen molar-refractivity contribution in [2.24, 2.45) is 5.92 Å². The Kier molecular flexibility index (Phi) is 6.31. The molecule has 4 heteroatoms. The Morgan fingerprint density at radius 3 is 2.20 bits per heavy atom. The molecule has 1 aromatic heterocycles. The predicted octanol–water partition coefficient (Wildman–Crippen LogP) is 4.23. The van der Waals surface area contributed by atoms with Gasteiger partial charge < -0.3 is 10.4 Å². The Balaban J connectivity index is 2.40. The molecule has 0 saturated carbocycles. The second-order valence-electron chi connectivity index (χ2n) is 7.17. The molecule has 2 aromatic rings. The summed E-state index contributed by atoms with van der Waals surface area (Å²) < 4.78 is 14.2. The molecule has 1 aromatic carbocycles. The number of aliphatic hydroxyl groups is 1. The van der Waals surface area contributed by atoms with Crippen molar-refractivity contribution >= 4 is 0 Å². The monoisotopic (exact) mass is 344 g/mol. The van der Waals surface area contributed by atoms with Crippen molar-refractivity contribution in [1.82, 2.24) is 10.3 Å². The molecule has 3 nitrogen and oxygen atoms in total. The quantitative estimate of drug-likeness (QED) is 0.824. The molecule has 0 aliphatic rings. The average molecular weight is 344 g/mol. The van der Waals surface area contributed by atoms with Gasteiger partial charge in [0.2, 0.25) is 0 Å². The summed E-state index contributed by atoms with van der Waals surface area (Å²) in [4.78, 5) is 4.59. The van der Waals surface area contributed by atoms with E-state index in [1.165, 1.54) is 28.3 Å². The molecular weight excluding hydrogens is 315 g/mol. The molecule has 0 aliphatic carbocycles. The lowest BCUT2D eigenvalue weighted by molar-refractivity contribution is 0.209. The van der Waals surface area contributed by atoms with Crippen molar-refractivity contribution < 1.29 is 9.50 Å². The number of hydrogen-bond donors (Lipinski definition) is 2. The topological polar surface area (TPSA) is 45.1 Å². The van der Waals surface area contributed by atoms with E-state index in [9.17, 15) is 9.50 Å². The van der Waals surface area contributed by atoms with Gasteiger partial charge in [0.25, 0.3) is 0 Å². The summed E-state index contributed by atoms with van der Waals surface area (Å²) in [5.41, 5.74) is 7.04. The molecule has 0 spiro atoms. The molecule has 0 fully saturated rings.